The largest absolute Gasteiger partial charge is 0.310 e. The standard InChI is InChI=1S/C21H17N5O2S2/c27-18(10-14-12-29-21(23-14)26-9-3-6-19(26)28)25-17-8-7-13(11-22-17)20-24-15-4-1-2-5-16(15)30-20/h1-2,4-5,7-8,11-12H,3,6,9-10H2,(H,22,25,27). The summed E-state index contributed by atoms with van der Waals surface area (Å²) in [6.45, 7) is 0.697. The maximum atomic E-state index is 12.4. The number of benzene rings is 1. The van der Waals surface area contributed by atoms with Crippen molar-refractivity contribution in [2.24, 2.45) is 0 Å². The first kappa shape index (κ1) is 18.8. The van der Waals surface area contributed by atoms with Gasteiger partial charge in [0.2, 0.25) is 11.8 Å². The monoisotopic (exact) mass is 435 g/mol. The lowest BCUT2D eigenvalue weighted by molar-refractivity contribution is -0.117. The second-order valence-electron chi connectivity index (χ2n) is 6.91. The fraction of sp³-hybridized carbons (Fsp3) is 0.190. The lowest BCUT2D eigenvalue weighted by Gasteiger charge is -2.10. The zero-order valence-electron chi connectivity index (χ0n) is 15.9. The fourth-order valence-electron chi connectivity index (χ4n) is 3.29. The average Bonchev–Trinajstić information content (AvgIpc) is 3.47. The first-order chi connectivity index (χ1) is 14.7. The van der Waals surface area contributed by atoms with Crippen molar-refractivity contribution in [1.82, 2.24) is 15.0 Å². The number of fused-ring (bicyclic) bond motifs is 1. The molecule has 1 aliphatic rings. The van der Waals surface area contributed by atoms with E-state index in [9.17, 15) is 9.59 Å². The van der Waals surface area contributed by atoms with Gasteiger partial charge in [0.05, 0.1) is 22.3 Å². The molecule has 1 saturated heterocycles. The summed E-state index contributed by atoms with van der Waals surface area (Å²) < 4.78 is 1.13. The van der Waals surface area contributed by atoms with Gasteiger partial charge in [0.15, 0.2) is 5.13 Å². The van der Waals surface area contributed by atoms with Crippen LogP contribution in [0.1, 0.15) is 18.5 Å². The molecule has 4 heterocycles. The van der Waals surface area contributed by atoms with E-state index in [-0.39, 0.29) is 18.2 Å². The molecule has 0 radical (unpaired) electrons. The van der Waals surface area contributed by atoms with Gasteiger partial charge in [0, 0.05) is 30.1 Å². The number of para-hydroxylation sites is 1. The molecule has 30 heavy (non-hydrogen) atoms. The van der Waals surface area contributed by atoms with Crippen LogP contribution in [-0.2, 0) is 16.0 Å². The van der Waals surface area contributed by atoms with Gasteiger partial charge in [-0.25, -0.2) is 15.0 Å². The zero-order chi connectivity index (χ0) is 20.5. The number of carbonyl (C=O) groups excluding carboxylic acids is 2. The zero-order valence-corrected chi connectivity index (χ0v) is 17.5. The minimum absolute atomic E-state index is 0.0952. The Labute approximate surface area is 180 Å². The van der Waals surface area contributed by atoms with Crippen LogP contribution in [0.3, 0.4) is 0 Å². The Hall–Kier alpha value is -3.17. The Balaban J connectivity index is 1.23. The highest BCUT2D eigenvalue weighted by atomic mass is 32.1. The van der Waals surface area contributed by atoms with Gasteiger partial charge in [0.25, 0.3) is 0 Å². The Morgan fingerprint density at radius 3 is 2.83 bits per heavy atom. The van der Waals surface area contributed by atoms with E-state index in [0.29, 0.717) is 29.6 Å². The maximum absolute atomic E-state index is 12.4. The average molecular weight is 436 g/mol. The Bertz CT molecular complexity index is 1200. The molecule has 1 fully saturated rings. The molecule has 0 aliphatic carbocycles. The molecule has 1 N–H and O–H groups in total. The van der Waals surface area contributed by atoms with Gasteiger partial charge in [0.1, 0.15) is 10.8 Å². The fourth-order valence-corrected chi connectivity index (χ4v) is 5.12. The number of anilines is 2. The van der Waals surface area contributed by atoms with Crippen LogP contribution in [0.15, 0.2) is 48.0 Å². The minimum atomic E-state index is -0.195. The highest BCUT2D eigenvalue weighted by Gasteiger charge is 2.24. The number of nitrogens with zero attached hydrogens (tertiary/aromatic N) is 4. The van der Waals surface area contributed by atoms with Crippen LogP contribution >= 0.6 is 22.7 Å². The number of thiazole rings is 2. The van der Waals surface area contributed by atoms with Crippen LogP contribution in [0.25, 0.3) is 20.8 Å². The lowest BCUT2D eigenvalue weighted by Crippen LogP contribution is -2.23. The van der Waals surface area contributed by atoms with E-state index in [1.807, 2.05) is 35.7 Å². The van der Waals surface area contributed by atoms with Crippen molar-refractivity contribution in [2.75, 3.05) is 16.8 Å². The number of hydrogen-bond donors (Lipinski definition) is 1. The third-order valence-corrected chi connectivity index (χ3v) is 6.76. The van der Waals surface area contributed by atoms with Crippen molar-refractivity contribution >= 4 is 55.7 Å². The lowest BCUT2D eigenvalue weighted by atomic mass is 10.3. The number of hydrogen-bond acceptors (Lipinski definition) is 7. The normalized spacial score (nSPS) is 13.9. The third kappa shape index (κ3) is 3.81. The van der Waals surface area contributed by atoms with Crippen molar-refractivity contribution in [3.8, 4) is 10.6 Å². The van der Waals surface area contributed by atoms with Gasteiger partial charge in [-0.3, -0.25) is 14.5 Å². The summed E-state index contributed by atoms with van der Waals surface area (Å²) in [5, 5.41) is 6.19. The third-order valence-electron chi connectivity index (χ3n) is 4.76. The van der Waals surface area contributed by atoms with E-state index >= 15 is 0 Å². The van der Waals surface area contributed by atoms with Crippen molar-refractivity contribution in [2.45, 2.75) is 19.3 Å². The number of pyridine rings is 1. The highest BCUT2D eigenvalue weighted by molar-refractivity contribution is 7.21. The van der Waals surface area contributed by atoms with Crippen molar-refractivity contribution < 1.29 is 9.59 Å². The van der Waals surface area contributed by atoms with E-state index in [0.717, 1.165) is 27.2 Å². The van der Waals surface area contributed by atoms with Crippen LogP contribution in [0.4, 0.5) is 10.9 Å². The predicted octanol–water partition coefficient (Wildman–Crippen LogP) is 4.12. The van der Waals surface area contributed by atoms with Gasteiger partial charge >= 0.3 is 0 Å². The summed E-state index contributed by atoms with van der Waals surface area (Å²) in [5.74, 6) is 0.382. The molecule has 5 rings (SSSR count). The van der Waals surface area contributed by atoms with Crippen molar-refractivity contribution in [3.63, 3.8) is 0 Å². The maximum Gasteiger partial charge on any atom is 0.231 e. The van der Waals surface area contributed by atoms with Crippen LogP contribution in [0.2, 0.25) is 0 Å². The predicted molar refractivity (Wildman–Crippen MR) is 119 cm³/mol. The molecular formula is C21H17N5O2S2. The topological polar surface area (TPSA) is 88.1 Å². The summed E-state index contributed by atoms with van der Waals surface area (Å²) >= 11 is 3.00. The minimum Gasteiger partial charge on any atom is -0.310 e. The quantitative estimate of drug-likeness (QED) is 0.509. The molecule has 0 bridgehead atoms. The Morgan fingerprint density at radius 1 is 1.17 bits per heavy atom. The SMILES string of the molecule is O=C(Cc1csc(N2CCCC2=O)n1)Nc1ccc(-c2nc3ccccc3s2)cn1. The summed E-state index contributed by atoms with van der Waals surface area (Å²) in [6, 6.07) is 11.7. The van der Waals surface area contributed by atoms with E-state index < -0.39 is 0 Å². The molecule has 150 valence electrons. The smallest absolute Gasteiger partial charge is 0.231 e. The summed E-state index contributed by atoms with van der Waals surface area (Å²) in [6.07, 6.45) is 3.27. The van der Waals surface area contributed by atoms with Crippen LogP contribution in [-0.4, -0.2) is 33.3 Å². The van der Waals surface area contributed by atoms with Gasteiger partial charge in [-0.15, -0.1) is 22.7 Å². The van der Waals surface area contributed by atoms with E-state index in [4.69, 9.17) is 0 Å². The Kier molecular flexibility index (Phi) is 4.97. The van der Waals surface area contributed by atoms with Gasteiger partial charge in [-0.2, -0.15) is 0 Å². The first-order valence-electron chi connectivity index (χ1n) is 9.52. The molecule has 0 saturated carbocycles. The van der Waals surface area contributed by atoms with Crippen molar-refractivity contribution in [3.05, 3.63) is 53.7 Å². The molecule has 4 aromatic rings. The second-order valence-corrected chi connectivity index (χ2v) is 8.78. The molecule has 9 heteroatoms. The van der Waals surface area contributed by atoms with Crippen LogP contribution in [0, 0.1) is 0 Å². The number of amides is 2. The summed E-state index contributed by atoms with van der Waals surface area (Å²) in [7, 11) is 0. The second kappa shape index (κ2) is 7.92. The number of rotatable bonds is 5. The van der Waals surface area contributed by atoms with Gasteiger partial charge in [-0.1, -0.05) is 12.1 Å². The van der Waals surface area contributed by atoms with E-state index in [2.05, 4.69) is 20.3 Å². The van der Waals surface area contributed by atoms with E-state index in [1.54, 1.807) is 28.5 Å². The van der Waals surface area contributed by atoms with Crippen LogP contribution < -0.4 is 10.2 Å². The number of aromatic nitrogens is 3. The molecule has 1 aliphatic heterocycles. The molecule has 0 spiro atoms. The first-order valence-corrected chi connectivity index (χ1v) is 11.2. The highest BCUT2D eigenvalue weighted by Crippen LogP contribution is 2.30. The Morgan fingerprint density at radius 2 is 2.07 bits per heavy atom. The molecule has 3 aromatic heterocycles. The number of carbonyl (C=O) groups is 2. The molecule has 0 atom stereocenters. The molecule has 7 nitrogen and oxygen atoms in total. The molecular weight excluding hydrogens is 418 g/mol. The van der Waals surface area contributed by atoms with Gasteiger partial charge < -0.3 is 5.32 Å². The summed E-state index contributed by atoms with van der Waals surface area (Å²) in [4.78, 5) is 39.3. The van der Waals surface area contributed by atoms with Crippen molar-refractivity contribution in [1.29, 1.82) is 0 Å². The van der Waals surface area contributed by atoms with Gasteiger partial charge in [-0.05, 0) is 30.7 Å². The van der Waals surface area contributed by atoms with Crippen LogP contribution in [0.5, 0.6) is 0 Å². The molecule has 0 unspecified atom stereocenters. The molecule has 1 aromatic carbocycles. The molecule has 2 amide bonds. The number of nitrogens with one attached hydrogen (secondary N) is 1. The summed E-state index contributed by atoms with van der Waals surface area (Å²) in [5.41, 5.74) is 2.53. The van der Waals surface area contributed by atoms with E-state index in [1.165, 1.54) is 11.3 Å².